The van der Waals surface area contributed by atoms with Crippen LogP contribution in [0.15, 0.2) is 23.1 Å². The van der Waals surface area contributed by atoms with E-state index >= 15 is 0 Å². The van der Waals surface area contributed by atoms with E-state index in [1.54, 1.807) is 17.8 Å². The van der Waals surface area contributed by atoms with Gasteiger partial charge in [-0.25, -0.2) is 8.78 Å². The largest absolute Gasteiger partial charge is 0.314 e. The maximum absolute atomic E-state index is 12.9. The summed E-state index contributed by atoms with van der Waals surface area (Å²) in [6, 6.07) is 4.77. The molecule has 1 aromatic rings. The predicted molar refractivity (Wildman–Crippen MR) is 67.3 cm³/mol. The van der Waals surface area contributed by atoms with Crippen LogP contribution in [0.1, 0.15) is 25.7 Å². The van der Waals surface area contributed by atoms with Crippen molar-refractivity contribution < 1.29 is 8.78 Å². The van der Waals surface area contributed by atoms with E-state index in [1.165, 1.54) is 31.4 Å². The van der Waals surface area contributed by atoms with Crippen LogP contribution in [0.2, 0.25) is 0 Å². The van der Waals surface area contributed by atoms with Crippen molar-refractivity contribution in [1.29, 1.82) is 0 Å². The topological polar surface area (TPSA) is 12.0 Å². The number of hydrogen-bond donors (Lipinski definition) is 1. The third kappa shape index (κ3) is 3.96. The molecule has 0 aromatic heterocycles. The van der Waals surface area contributed by atoms with Crippen molar-refractivity contribution >= 4 is 11.8 Å². The van der Waals surface area contributed by atoms with Gasteiger partial charge < -0.3 is 5.32 Å². The molecule has 94 valence electrons. The first-order valence-electron chi connectivity index (χ1n) is 6.07. The molecule has 0 bridgehead atoms. The van der Waals surface area contributed by atoms with Crippen LogP contribution >= 0.6 is 11.8 Å². The second-order valence-electron chi connectivity index (χ2n) is 4.36. The molecule has 1 aromatic carbocycles. The summed E-state index contributed by atoms with van der Waals surface area (Å²) < 4.78 is 25.6. The smallest absolute Gasteiger partial charge is 0.159 e. The van der Waals surface area contributed by atoms with Gasteiger partial charge in [-0.05, 0) is 56.2 Å². The summed E-state index contributed by atoms with van der Waals surface area (Å²) in [4.78, 5) is 0.809. The van der Waals surface area contributed by atoms with Crippen molar-refractivity contribution in [2.75, 3.05) is 12.3 Å². The number of halogens is 2. The average Bonchev–Trinajstić information content (AvgIpc) is 2.82. The highest BCUT2D eigenvalue weighted by Gasteiger charge is 2.12. The second-order valence-corrected chi connectivity index (χ2v) is 5.53. The summed E-state index contributed by atoms with van der Waals surface area (Å²) >= 11 is 1.59. The number of hydrogen-bond acceptors (Lipinski definition) is 2. The normalized spacial score (nSPS) is 19.8. The van der Waals surface area contributed by atoms with Gasteiger partial charge in [-0.2, -0.15) is 0 Å². The molecule has 1 heterocycles. The fourth-order valence-corrected chi connectivity index (χ4v) is 2.99. The van der Waals surface area contributed by atoms with Crippen molar-refractivity contribution in [1.82, 2.24) is 5.32 Å². The van der Waals surface area contributed by atoms with E-state index < -0.39 is 11.6 Å². The van der Waals surface area contributed by atoms with Crippen LogP contribution in [-0.2, 0) is 0 Å². The number of nitrogens with one attached hydrogen (secondary N) is 1. The highest BCUT2D eigenvalue weighted by atomic mass is 32.2. The fourth-order valence-electron chi connectivity index (χ4n) is 2.09. The molecule has 0 spiro atoms. The molecule has 4 heteroatoms. The first-order chi connectivity index (χ1) is 8.25. The van der Waals surface area contributed by atoms with Crippen LogP contribution in [-0.4, -0.2) is 18.3 Å². The Balaban J connectivity index is 1.68. The molecule has 0 saturated carbocycles. The van der Waals surface area contributed by atoms with Gasteiger partial charge in [-0.15, -0.1) is 11.8 Å². The maximum atomic E-state index is 12.9. The van der Waals surface area contributed by atoms with Crippen LogP contribution in [0.5, 0.6) is 0 Å². The minimum Gasteiger partial charge on any atom is -0.314 e. The van der Waals surface area contributed by atoms with Gasteiger partial charge in [0.25, 0.3) is 0 Å². The minimum atomic E-state index is -0.774. The Morgan fingerprint density at radius 1 is 1.29 bits per heavy atom. The lowest BCUT2D eigenvalue weighted by atomic mass is 10.1. The lowest BCUT2D eigenvalue weighted by molar-refractivity contribution is 0.506. The molecule has 1 N–H and O–H groups in total. The lowest BCUT2D eigenvalue weighted by Crippen LogP contribution is -2.20. The summed E-state index contributed by atoms with van der Waals surface area (Å²) in [5.41, 5.74) is 0. The number of rotatable bonds is 5. The molecule has 1 saturated heterocycles. The minimum absolute atomic E-state index is 0.667. The van der Waals surface area contributed by atoms with Gasteiger partial charge in [-0.1, -0.05) is 0 Å². The zero-order valence-corrected chi connectivity index (χ0v) is 10.5. The van der Waals surface area contributed by atoms with E-state index in [0.717, 1.165) is 23.6 Å². The highest BCUT2D eigenvalue weighted by Crippen LogP contribution is 2.22. The molecule has 2 rings (SSSR count). The van der Waals surface area contributed by atoms with Gasteiger partial charge in [0.05, 0.1) is 0 Å². The highest BCUT2D eigenvalue weighted by molar-refractivity contribution is 7.99. The van der Waals surface area contributed by atoms with Gasteiger partial charge in [0, 0.05) is 10.9 Å². The van der Waals surface area contributed by atoms with Gasteiger partial charge in [0.1, 0.15) is 0 Å². The van der Waals surface area contributed by atoms with Gasteiger partial charge in [0.2, 0.25) is 0 Å². The molecule has 17 heavy (non-hydrogen) atoms. The summed E-state index contributed by atoms with van der Waals surface area (Å²) in [6.45, 7) is 1.14. The van der Waals surface area contributed by atoms with E-state index in [2.05, 4.69) is 5.32 Å². The average molecular weight is 257 g/mol. The predicted octanol–water partition coefficient (Wildman–Crippen LogP) is 3.59. The molecule has 1 unspecified atom stereocenters. The molecule has 1 aliphatic heterocycles. The van der Waals surface area contributed by atoms with Crippen LogP contribution in [0, 0.1) is 11.6 Å². The molecule has 0 radical (unpaired) electrons. The monoisotopic (exact) mass is 257 g/mol. The number of benzene rings is 1. The summed E-state index contributed by atoms with van der Waals surface area (Å²) in [6.07, 6.45) is 4.84. The van der Waals surface area contributed by atoms with Crippen molar-refractivity contribution in [2.45, 2.75) is 36.6 Å². The Kier molecular flexibility index (Phi) is 4.80. The summed E-state index contributed by atoms with van der Waals surface area (Å²) in [5, 5.41) is 3.45. The van der Waals surface area contributed by atoms with Crippen molar-refractivity contribution in [3.8, 4) is 0 Å². The van der Waals surface area contributed by atoms with Crippen LogP contribution < -0.4 is 5.32 Å². The van der Waals surface area contributed by atoms with Crippen molar-refractivity contribution in [3.05, 3.63) is 29.8 Å². The van der Waals surface area contributed by atoms with Crippen molar-refractivity contribution in [3.63, 3.8) is 0 Å². The fraction of sp³-hybridized carbons (Fsp3) is 0.538. The maximum Gasteiger partial charge on any atom is 0.159 e. The lowest BCUT2D eigenvalue weighted by Gasteiger charge is -2.09. The standard InChI is InChI=1S/C13H17F2NS/c14-12-6-5-11(9-13(12)15)17-8-2-4-10-3-1-7-16-10/h5-6,9-10,16H,1-4,7-8H2. The van der Waals surface area contributed by atoms with Gasteiger partial charge in [0.15, 0.2) is 11.6 Å². The van der Waals surface area contributed by atoms with Crippen LogP contribution in [0.3, 0.4) is 0 Å². The van der Waals surface area contributed by atoms with E-state index in [4.69, 9.17) is 0 Å². The number of thioether (sulfide) groups is 1. The zero-order chi connectivity index (χ0) is 12.1. The van der Waals surface area contributed by atoms with Crippen LogP contribution in [0.4, 0.5) is 8.78 Å². The molecule has 1 atom stereocenters. The molecular weight excluding hydrogens is 240 g/mol. The first-order valence-corrected chi connectivity index (χ1v) is 7.05. The van der Waals surface area contributed by atoms with Crippen LogP contribution in [0.25, 0.3) is 0 Å². The van der Waals surface area contributed by atoms with E-state index in [9.17, 15) is 8.78 Å². The summed E-state index contributed by atoms with van der Waals surface area (Å²) in [7, 11) is 0. The Labute approximate surface area is 105 Å². The Morgan fingerprint density at radius 2 is 2.18 bits per heavy atom. The molecular formula is C13H17F2NS. The van der Waals surface area contributed by atoms with Gasteiger partial charge >= 0.3 is 0 Å². The SMILES string of the molecule is Fc1ccc(SCCCC2CCCN2)cc1F. The molecule has 0 amide bonds. The third-order valence-electron chi connectivity index (χ3n) is 3.02. The van der Waals surface area contributed by atoms with Gasteiger partial charge in [-0.3, -0.25) is 0 Å². The van der Waals surface area contributed by atoms with E-state index in [0.29, 0.717) is 6.04 Å². The Morgan fingerprint density at radius 3 is 2.88 bits per heavy atom. The second kappa shape index (κ2) is 6.36. The van der Waals surface area contributed by atoms with Crippen molar-refractivity contribution in [2.24, 2.45) is 0 Å². The van der Waals surface area contributed by atoms with E-state index in [1.807, 2.05) is 0 Å². The Hall–Kier alpha value is -0.610. The molecule has 1 fully saturated rings. The molecule has 0 aliphatic carbocycles. The zero-order valence-electron chi connectivity index (χ0n) is 9.72. The van der Waals surface area contributed by atoms with E-state index in [-0.39, 0.29) is 0 Å². The molecule has 1 nitrogen and oxygen atoms in total. The first kappa shape index (κ1) is 12.8. The quantitative estimate of drug-likeness (QED) is 0.639. The summed E-state index contributed by atoms with van der Waals surface area (Å²) in [5.74, 6) is -0.569. The Bertz CT molecular complexity index is 364. The third-order valence-corrected chi connectivity index (χ3v) is 4.10. The molecule has 1 aliphatic rings.